The molecule has 0 radical (unpaired) electrons. The number of benzene rings is 1. The van der Waals surface area contributed by atoms with E-state index in [0.717, 1.165) is 24.9 Å². The van der Waals surface area contributed by atoms with Crippen LogP contribution in [-0.4, -0.2) is 35.6 Å². The summed E-state index contributed by atoms with van der Waals surface area (Å²) in [5, 5.41) is 9.15. The zero-order valence-electron chi connectivity index (χ0n) is 11.3. The summed E-state index contributed by atoms with van der Waals surface area (Å²) in [5.41, 5.74) is 7.61. The topological polar surface area (TPSA) is 66.6 Å². The predicted octanol–water partition coefficient (Wildman–Crippen LogP) is 2.39. The highest BCUT2D eigenvalue weighted by Gasteiger charge is 2.12. The number of likely N-dealkylation sites (tertiary alicyclic amines) is 1. The van der Waals surface area contributed by atoms with Crippen molar-refractivity contribution in [2.24, 2.45) is 0 Å². The minimum Gasteiger partial charge on any atom is -0.478 e. The normalized spacial score (nSPS) is 16.4. The van der Waals surface area contributed by atoms with E-state index in [2.05, 4.69) is 4.90 Å². The molecule has 104 valence electrons. The molecule has 1 aliphatic rings. The zero-order valence-corrected chi connectivity index (χ0v) is 11.3. The van der Waals surface area contributed by atoms with E-state index < -0.39 is 5.97 Å². The fraction of sp³-hybridized carbons (Fsp3) is 0.533. The highest BCUT2D eigenvalue weighted by atomic mass is 16.4. The summed E-state index contributed by atoms with van der Waals surface area (Å²) in [7, 11) is 0. The van der Waals surface area contributed by atoms with Gasteiger partial charge in [-0.3, -0.25) is 0 Å². The molecule has 0 bridgehead atoms. The first-order valence-corrected chi connectivity index (χ1v) is 7.01. The molecular formula is C15H22N2O2. The van der Waals surface area contributed by atoms with Crippen LogP contribution in [-0.2, 0) is 6.42 Å². The van der Waals surface area contributed by atoms with Crippen LogP contribution < -0.4 is 5.73 Å². The van der Waals surface area contributed by atoms with Gasteiger partial charge in [0.2, 0.25) is 0 Å². The number of anilines is 1. The molecule has 0 unspecified atom stereocenters. The summed E-state index contributed by atoms with van der Waals surface area (Å²) in [6, 6.07) is 5.05. The third kappa shape index (κ3) is 3.96. The molecule has 1 aromatic rings. The van der Waals surface area contributed by atoms with E-state index in [1.54, 1.807) is 18.2 Å². The van der Waals surface area contributed by atoms with Gasteiger partial charge in [0.15, 0.2) is 0 Å². The van der Waals surface area contributed by atoms with Crippen molar-refractivity contribution in [3.63, 3.8) is 0 Å². The number of nitrogens with two attached hydrogens (primary N) is 1. The lowest BCUT2D eigenvalue weighted by Crippen LogP contribution is -2.30. The number of carbonyl (C=O) groups is 1. The zero-order chi connectivity index (χ0) is 13.7. The van der Waals surface area contributed by atoms with Crippen LogP contribution in [0.4, 0.5) is 5.69 Å². The van der Waals surface area contributed by atoms with Crippen LogP contribution in [0.1, 0.15) is 41.6 Å². The summed E-state index contributed by atoms with van der Waals surface area (Å²) in [6.45, 7) is 3.42. The van der Waals surface area contributed by atoms with Crippen molar-refractivity contribution < 1.29 is 9.90 Å². The maximum absolute atomic E-state index is 11.1. The van der Waals surface area contributed by atoms with Gasteiger partial charge in [-0.05, 0) is 69.1 Å². The molecule has 0 atom stereocenters. The Morgan fingerprint density at radius 3 is 2.68 bits per heavy atom. The summed E-state index contributed by atoms with van der Waals surface area (Å²) in [4.78, 5) is 13.6. The summed E-state index contributed by atoms with van der Waals surface area (Å²) < 4.78 is 0. The first-order chi connectivity index (χ1) is 9.16. The third-order valence-corrected chi connectivity index (χ3v) is 3.73. The number of aromatic carboxylic acids is 1. The molecule has 0 aliphatic carbocycles. The largest absolute Gasteiger partial charge is 0.478 e. The molecule has 0 saturated carbocycles. The second kappa shape index (κ2) is 6.57. The van der Waals surface area contributed by atoms with E-state index in [1.165, 1.54) is 32.4 Å². The third-order valence-electron chi connectivity index (χ3n) is 3.73. The van der Waals surface area contributed by atoms with Crippen LogP contribution >= 0.6 is 0 Å². The molecule has 1 fully saturated rings. The molecule has 0 aromatic heterocycles. The molecule has 1 aromatic carbocycles. The van der Waals surface area contributed by atoms with Gasteiger partial charge in [-0.25, -0.2) is 4.79 Å². The van der Waals surface area contributed by atoms with Gasteiger partial charge in [0.05, 0.1) is 5.56 Å². The van der Waals surface area contributed by atoms with Crippen molar-refractivity contribution in [2.75, 3.05) is 25.4 Å². The Morgan fingerprint density at radius 1 is 1.26 bits per heavy atom. The Morgan fingerprint density at radius 2 is 2.00 bits per heavy atom. The van der Waals surface area contributed by atoms with Gasteiger partial charge in [-0.15, -0.1) is 0 Å². The van der Waals surface area contributed by atoms with Crippen molar-refractivity contribution in [1.82, 2.24) is 4.90 Å². The lowest BCUT2D eigenvalue weighted by Gasteiger charge is -2.26. The van der Waals surface area contributed by atoms with Gasteiger partial charge >= 0.3 is 5.97 Å². The molecule has 1 saturated heterocycles. The first kappa shape index (κ1) is 13.9. The molecule has 4 heteroatoms. The Balaban J connectivity index is 1.91. The Bertz CT molecular complexity index is 440. The van der Waals surface area contributed by atoms with Crippen molar-refractivity contribution >= 4 is 11.7 Å². The molecular weight excluding hydrogens is 240 g/mol. The van der Waals surface area contributed by atoms with Gasteiger partial charge in [-0.2, -0.15) is 0 Å². The lowest BCUT2D eigenvalue weighted by atomic mass is 10.0. The number of rotatable bonds is 5. The predicted molar refractivity (Wildman–Crippen MR) is 76.4 cm³/mol. The maximum Gasteiger partial charge on any atom is 0.335 e. The Labute approximate surface area is 114 Å². The SMILES string of the molecule is Nc1ccc(C(=O)O)c(CCCN2CCCCC2)c1. The lowest BCUT2D eigenvalue weighted by molar-refractivity contribution is 0.0695. The quantitative estimate of drug-likeness (QED) is 0.800. The van der Waals surface area contributed by atoms with Gasteiger partial charge in [0.25, 0.3) is 0 Å². The van der Waals surface area contributed by atoms with Gasteiger partial charge in [0.1, 0.15) is 0 Å². The van der Waals surface area contributed by atoms with Gasteiger partial charge in [-0.1, -0.05) is 6.42 Å². The average Bonchev–Trinajstić information content (AvgIpc) is 2.39. The number of carboxylic acids is 1. The molecule has 0 amide bonds. The number of hydrogen-bond acceptors (Lipinski definition) is 3. The van der Waals surface area contributed by atoms with Crippen molar-refractivity contribution in [1.29, 1.82) is 0 Å². The highest BCUT2D eigenvalue weighted by molar-refractivity contribution is 5.89. The van der Waals surface area contributed by atoms with E-state index in [9.17, 15) is 4.79 Å². The standard InChI is InChI=1S/C15H22N2O2/c16-13-6-7-14(15(18)19)12(11-13)5-4-10-17-8-2-1-3-9-17/h6-7,11H,1-5,8-10,16H2,(H,18,19). The fourth-order valence-corrected chi connectivity index (χ4v) is 2.71. The van der Waals surface area contributed by atoms with Crippen LogP contribution in [0.2, 0.25) is 0 Å². The molecule has 2 rings (SSSR count). The van der Waals surface area contributed by atoms with E-state index in [-0.39, 0.29) is 0 Å². The van der Waals surface area contributed by atoms with Crippen molar-refractivity contribution in [3.05, 3.63) is 29.3 Å². The molecule has 1 aliphatic heterocycles. The van der Waals surface area contributed by atoms with Gasteiger partial charge in [0, 0.05) is 5.69 Å². The number of hydrogen-bond donors (Lipinski definition) is 2. The van der Waals surface area contributed by atoms with E-state index in [4.69, 9.17) is 10.8 Å². The minimum atomic E-state index is -0.868. The second-order valence-corrected chi connectivity index (χ2v) is 5.23. The van der Waals surface area contributed by atoms with Crippen LogP contribution in [0.5, 0.6) is 0 Å². The maximum atomic E-state index is 11.1. The average molecular weight is 262 g/mol. The summed E-state index contributed by atoms with van der Waals surface area (Å²) >= 11 is 0. The highest BCUT2D eigenvalue weighted by Crippen LogP contribution is 2.17. The number of piperidine rings is 1. The van der Waals surface area contributed by atoms with Crippen LogP contribution in [0.3, 0.4) is 0 Å². The second-order valence-electron chi connectivity index (χ2n) is 5.23. The molecule has 4 nitrogen and oxygen atoms in total. The molecule has 1 heterocycles. The number of nitrogen functional groups attached to an aromatic ring is 1. The van der Waals surface area contributed by atoms with E-state index in [1.807, 2.05) is 0 Å². The Hall–Kier alpha value is -1.55. The summed E-state index contributed by atoms with van der Waals surface area (Å²) in [6.07, 6.45) is 5.69. The van der Waals surface area contributed by atoms with Crippen molar-refractivity contribution in [3.8, 4) is 0 Å². The van der Waals surface area contributed by atoms with Crippen molar-refractivity contribution in [2.45, 2.75) is 32.1 Å². The van der Waals surface area contributed by atoms with E-state index >= 15 is 0 Å². The van der Waals surface area contributed by atoms with Crippen LogP contribution in [0, 0.1) is 0 Å². The molecule has 19 heavy (non-hydrogen) atoms. The fourth-order valence-electron chi connectivity index (χ4n) is 2.71. The minimum absolute atomic E-state index is 0.382. The monoisotopic (exact) mass is 262 g/mol. The smallest absolute Gasteiger partial charge is 0.335 e. The van der Waals surface area contributed by atoms with Crippen LogP contribution in [0.15, 0.2) is 18.2 Å². The number of nitrogens with zero attached hydrogens (tertiary/aromatic N) is 1. The Kier molecular flexibility index (Phi) is 4.80. The first-order valence-electron chi connectivity index (χ1n) is 7.01. The van der Waals surface area contributed by atoms with Crippen LogP contribution in [0.25, 0.3) is 0 Å². The van der Waals surface area contributed by atoms with E-state index in [0.29, 0.717) is 11.3 Å². The molecule has 3 N–H and O–H groups in total. The number of carboxylic acid groups (broad SMARTS) is 1. The number of aryl methyl sites for hydroxylation is 1. The molecule has 0 spiro atoms. The summed E-state index contributed by atoms with van der Waals surface area (Å²) in [5.74, 6) is -0.868. The van der Waals surface area contributed by atoms with Gasteiger partial charge < -0.3 is 15.7 Å².